The zero-order valence-corrected chi connectivity index (χ0v) is 8.86. The van der Waals surface area contributed by atoms with Crippen molar-refractivity contribution in [3.63, 3.8) is 0 Å². The standard InChI is InChI=1S/C10H13N5O/c11-8-7-9(14-13-8)12-6-4-2-1-3-5-15(6)10(7)16/h1-5H2,(H3,11,13,14). The number of nitrogens with two attached hydrogens (primary N) is 1. The van der Waals surface area contributed by atoms with Gasteiger partial charge in [-0.15, -0.1) is 0 Å². The van der Waals surface area contributed by atoms with Crippen molar-refractivity contribution >= 4 is 16.9 Å². The minimum absolute atomic E-state index is 0.0619. The highest BCUT2D eigenvalue weighted by Crippen LogP contribution is 2.16. The predicted molar refractivity (Wildman–Crippen MR) is 60.1 cm³/mol. The third-order valence-electron chi connectivity index (χ3n) is 3.06. The number of fused-ring (bicyclic) bond motifs is 2. The molecule has 1 aliphatic rings. The number of nitrogens with zero attached hydrogens (tertiary/aromatic N) is 3. The van der Waals surface area contributed by atoms with Crippen LogP contribution in [-0.4, -0.2) is 19.7 Å². The van der Waals surface area contributed by atoms with Crippen LogP contribution in [0.1, 0.15) is 25.1 Å². The third kappa shape index (κ3) is 1.22. The van der Waals surface area contributed by atoms with Crippen LogP contribution in [-0.2, 0) is 13.0 Å². The maximum atomic E-state index is 12.2. The van der Waals surface area contributed by atoms with Crippen molar-refractivity contribution in [1.29, 1.82) is 0 Å². The van der Waals surface area contributed by atoms with E-state index in [1.165, 1.54) is 0 Å². The molecule has 0 unspecified atom stereocenters. The van der Waals surface area contributed by atoms with Gasteiger partial charge in [0.15, 0.2) is 5.65 Å². The van der Waals surface area contributed by atoms with E-state index in [2.05, 4.69) is 15.2 Å². The summed E-state index contributed by atoms with van der Waals surface area (Å²) in [5.74, 6) is 1.15. The molecular formula is C10H13N5O. The van der Waals surface area contributed by atoms with Gasteiger partial charge in [-0.3, -0.25) is 14.5 Å². The summed E-state index contributed by atoms with van der Waals surface area (Å²) in [4.78, 5) is 16.6. The van der Waals surface area contributed by atoms with Crippen molar-refractivity contribution in [2.75, 3.05) is 5.73 Å². The summed E-state index contributed by atoms with van der Waals surface area (Å²) < 4.78 is 1.74. The minimum Gasteiger partial charge on any atom is -0.383 e. The molecule has 3 heterocycles. The molecule has 16 heavy (non-hydrogen) atoms. The van der Waals surface area contributed by atoms with E-state index in [1.54, 1.807) is 4.57 Å². The predicted octanol–water partition coefficient (Wildman–Crippen LogP) is 0.428. The average molecular weight is 219 g/mol. The molecule has 0 amide bonds. The Morgan fingerprint density at radius 3 is 3.06 bits per heavy atom. The number of H-pyrrole nitrogens is 1. The number of aryl methyl sites for hydroxylation is 1. The number of hydrogen-bond acceptors (Lipinski definition) is 4. The second kappa shape index (κ2) is 3.33. The molecule has 0 bridgehead atoms. The molecule has 3 N–H and O–H groups in total. The molecule has 84 valence electrons. The highest BCUT2D eigenvalue weighted by molar-refractivity contribution is 5.84. The topological polar surface area (TPSA) is 89.6 Å². The SMILES string of the molecule is Nc1[nH]nc2nc3n(c(=O)c12)CCCCC3. The average Bonchev–Trinajstić information content (AvgIpc) is 2.51. The molecule has 0 atom stereocenters. The first-order chi connectivity index (χ1) is 7.77. The minimum atomic E-state index is -0.0619. The summed E-state index contributed by atoms with van der Waals surface area (Å²) in [5, 5.41) is 6.97. The molecular weight excluding hydrogens is 206 g/mol. The highest BCUT2D eigenvalue weighted by atomic mass is 16.1. The van der Waals surface area contributed by atoms with Gasteiger partial charge in [-0.1, -0.05) is 6.42 Å². The van der Waals surface area contributed by atoms with E-state index in [1.807, 2.05) is 0 Å². The fourth-order valence-corrected chi connectivity index (χ4v) is 2.22. The van der Waals surface area contributed by atoms with Crippen molar-refractivity contribution in [3.05, 3.63) is 16.2 Å². The van der Waals surface area contributed by atoms with Gasteiger partial charge in [-0.05, 0) is 12.8 Å². The molecule has 0 aliphatic carbocycles. The lowest BCUT2D eigenvalue weighted by Gasteiger charge is -2.07. The van der Waals surface area contributed by atoms with Gasteiger partial charge in [0.2, 0.25) is 0 Å². The van der Waals surface area contributed by atoms with Crippen molar-refractivity contribution in [2.45, 2.75) is 32.2 Å². The Hall–Kier alpha value is -1.85. The second-order valence-electron chi connectivity index (χ2n) is 4.13. The number of nitrogens with one attached hydrogen (secondary N) is 1. The van der Waals surface area contributed by atoms with Gasteiger partial charge in [0.05, 0.1) is 0 Å². The van der Waals surface area contributed by atoms with Gasteiger partial charge < -0.3 is 5.73 Å². The normalized spacial score (nSPS) is 16.0. The van der Waals surface area contributed by atoms with Crippen LogP contribution < -0.4 is 11.3 Å². The molecule has 0 spiro atoms. The quantitative estimate of drug-likeness (QED) is 0.672. The van der Waals surface area contributed by atoms with E-state index in [0.717, 1.165) is 38.1 Å². The van der Waals surface area contributed by atoms with Crippen LogP contribution in [0.4, 0.5) is 5.82 Å². The largest absolute Gasteiger partial charge is 0.383 e. The molecule has 0 saturated heterocycles. The Labute approximate surface area is 91.5 Å². The number of hydrogen-bond donors (Lipinski definition) is 2. The second-order valence-corrected chi connectivity index (χ2v) is 4.13. The Morgan fingerprint density at radius 2 is 2.19 bits per heavy atom. The molecule has 1 aliphatic heterocycles. The maximum absolute atomic E-state index is 12.2. The molecule has 6 heteroatoms. The van der Waals surface area contributed by atoms with Gasteiger partial charge in [-0.2, -0.15) is 5.10 Å². The smallest absolute Gasteiger partial charge is 0.266 e. The van der Waals surface area contributed by atoms with E-state index < -0.39 is 0 Å². The van der Waals surface area contributed by atoms with Crippen LogP contribution in [0.15, 0.2) is 4.79 Å². The van der Waals surface area contributed by atoms with Gasteiger partial charge in [0, 0.05) is 13.0 Å². The first kappa shape index (κ1) is 9.38. The number of rotatable bonds is 0. The lowest BCUT2D eigenvalue weighted by atomic mass is 10.2. The summed E-state index contributed by atoms with van der Waals surface area (Å²) in [6, 6.07) is 0. The van der Waals surface area contributed by atoms with Crippen molar-refractivity contribution < 1.29 is 0 Å². The van der Waals surface area contributed by atoms with Crippen molar-refractivity contribution in [2.24, 2.45) is 0 Å². The van der Waals surface area contributed by atoms with Crippen LogP contribution in [0.3, 0.4) is 0 Å². The molecule has 6 nitrogen and oxygen atoms in total. The number of aromatic nitrogens is 4. The van der Waals surface area contributed by atoms with Gasteiger partial charge >= 0.3 is 0 Å². The van der Waals surface area contributed by atoms with Crippen molar-refractivity contribution in [3.8, 4) is 0 Å². The van der Waals surface area contributed by atoms with E-state index in [9.17, 15) is 4.79 Å². The first-order valence-corrected chi connectivity index (χ1v) is 5.50. The summed E-state index contributed by atoms with van der Waals surface area (Å²) in [5.41, 5.74) is 6.06. The zero-order valence-electron chi connectivity index (χ0n) is 8.86. The van der Waals surface area contributed by atoms with Gasteiger partial charge in [0.25, 0.3) is 5.56 Å². The Bertz CT molecular complexity index is 597. The van der Waals surface area contributed by atoms with Crippen LogP contribution >= 0.6 is 0 Å². The Kier molecular flexibility index (Phi) is 1.95. The monoisotopic (exact) mass is 219 g/mol. The van der Waals surface area contributed by atoms with Gasteiger partial charge in [0.1, 0.15) is 17.0 Å². The molecule has 0 fully saturated rings. The van der Waals surface area contributed by atoms with E-state index in [0.29, 0.717) is 16.9 Å². The number of aromatic amines is 1. The summed E-state index contributed by atoms with van der Waals surface area (Å²) in [6.45, 7) is 0.738. The number of anilines is 1. The molecule has 0 radical (unpaired) electrons. The Balaban J connectivity index is 2.36. The molecule has 0 aromatic carbocycles. The lowest BCUT2D eigenvalue weighted by molar-refractivity contribution is 0.614. The van der Waals surface area contributed by atoms with Crippen LogP contribution in [0.2, 0.25) is 0 Å². The molecule has 0 saturated carbocycles. The van der Waals surface area contributed by atoms with Crippen LogP contribution in [0.25, 0.3) is 11.0 Å². The van der Waals surface area contributed by atoms with Gasteiger partial charge in [-0.25, -0.2) is 4.98 Å². The zero-order chi connectivity index (χ0) is 11.1. The summed E-state index contributed by atoms with van der Waals surface area (Å²) in [7, 11) is 0. The fraction of sp³-hybridized carbons (Fsp3) is 0.500. The molecule has 2 aromatic rings. The third-order valence-corrected chi connectivity index (χ3v) is 3.06. The van der Waals surface area contributed by atoms with Crippen molar-refractivity contribution in [1.82, 2.24) is 19.7 Å². The Morgan fingerprint density at radius 1 is 1.31 bits per heavy atom. The van der Waals surface area contributed by atoms with E-state index in [-0.39, 0.29) is 5.56 Å². The number of nitrogen functional groups attached to an aromatic ring is 1. The maximum Gasteiger partial charge on any atom is 0.266 e. The highest BCUT2D eigenvalue weighted by Gasteiger charge is 2.16. The lowest BCUT2D eigenvalue weighted by Crippen LogP contribution is -2.24. The summed E-state index contributed by atoms with van der Waals surface area (Å²) >= 11 is 0. The van der Waals surface area contributed by atoms with Crippen LogP contribution in [0.5, 0.6) is 0 Å². The van der Waals surface area contributed by atoms with E-state index in [4.69, 9.17) is 5.73 Å². The molecule has 2 aromatic heterocycles. The van der Waals surface area contributed by atoms with E-state index >= 15 is 0 Å². The van der Waals surface area contributed by atoms with Crippen LogP contribution in [0, 0.1) is 0 Å². The summed E-state index contributed by atoms with van der Waals surface area (Å²) in [6.07, 6.45) is 4.09. The fourth-order valence-electron chi connectivity index (χ4n) is 2.22. The first-order valence-electron chi connectivity index (χ1n) is 5.50. The molecule has 3 rings (SSSR count).